The van der Waals surface area contributed by atoms with E-state index in [1.807, 2.05) is 12.1 Å². The van der Waals surface area contributed by atoms with Crippen molar-refractivity contribution in [3.8, 4) is 0 Å². The lowest BCUT2D eigenvalue weighted by Crippen LogP contribution is -2.45. The Bertz CT molecular complexity index is 630. The van der Waals surface area contributed by atoms with E-state index in [9.17, 15) is 9.90 Å². The van der Waals surface area contributed by atoms with Gasteiger partial charge in [-0.2, -0.15) is 0 Å². The standard InChI is InChI=1S/C14H14O5/c1-17-13-10(15)9-7-5-3-4-6-8(7)19-12(9)11(16)14(13)18-2/h3-6,11,13-14,16H,1-2H3/t11-,13-,14+/m1/s1. The summed E-state index contributed by atoms with van der Waals surface area (Å²) >= 11 is 0. The summed E-state index contributed by atoms with van der Waals surface area (Å²) < 4.78 is 15.9. The Balaban J connectivity index is 2.25. The van der Waals surface area contributed by atoms with Gasteiger partial charge in [-0.05, 0) is 6.07 Å². The van der Waals surface area contributed by atoms with Gasteiger partial charge in [0.1, 0.15) is 29.7 Å². The number of rotatable bonds is 2. The van der Waals surface area contributed by atoms with Crippen LogP contribution >= 0.6 is 0 Å². The summed E-state index contributed by atoms with van der Waals surface area (Å²) in [6.07, 6.45) is -2.60. The van der Waals surface area contributed by atoms with E-state index in [1.54, 1.807) is 12.1 Å². The molecule has 19 heavy (non-hydrogen) atoms. The Labute approximate surface area is 109 Å². The zero-order valence-electron chi connectivity index (χ0n) is 10.6. The van der Waals surface area contributed by atoms with Gasteiger partial charge in [0.25, 0.3) is 0 Å². The summed E-state index contributed by atoms with van der Waals surface area (Å²) in [6.45, 7) is 0. The number of hydrogen-bond acceptors (Lipinski definition) is 5. The first-order valence-electron chi connectivity index (χ1n) is 5.98. The minimum atomic E-state index is -1.02. The SMILES string of the molecule is CO[C@@H]1[C@H](OC)C(=O)c2c(oc3ccccc23)[C@H]1O. The van der Waals surface area contributed by atoms with Gasteiger partial charge in [-0.25, -0.2) is 0 Å². The molecule has 0 fully saturated rings. The molecule has 5 heteroatoms. The van der Waals surface area contributed by atoms with Gasteiger partial charge in [0.15, 0.2) is 5.78 Å². The first-order valence-corrected chi connectivity index (χ1v) is 5.98. The molecular formula is C14H14O5. The number of para-hydroxylation sites is 1. The first-order chi connectivity index (χ1) is 9.19. The molecule has 0 radical (unpaired) electrons. The second-order valence-electron chi connectivity index (χ2n) is 4.50. The number of fused-ring (bicyclic) bond motifs is 3. The fraction of sp³-hybridized carbons (Fsp3) is 0.357. The number of benzene rings is 1. The zero-order valence-corrected chi connectivity index (χ0v) is 10.6. The summed E-state index contributed by atoms with van der Waals surface area (Å²) in [6, 6.07) is 7.19. The van der Waals surface area contributed by atoms with Gasteiger partial charge in [-0.1, -0.05) is 18.2 Å². The summed E-state index contributed by atoms with van der Waals surface area (Å²) in [5.41, 5.74) is 0.967. The molecule has 0 saturated heterocycles. The number of methoxy groups -OCH3 is 2. The number of ether oxygens (including phenoxy) is 2. The van der Waals surface area contributed by atoms with Crippen LogP contribution in [0.15, 0.2) is 28.7 Å². The smallest absolute Gasteiger partial charge is 0.198 e. The number of aliphatic hydroxyl groups excluding tert-OH is 1. The van der Waals surface area contributed by atoms with Crippen molar-refractivity contribution in [2.45, 2.75) is 18.3 Å². The van der Waals surface area contributed by atoms with Crippen molar-refractivity contribution in [3.05, 3.63) is 35.6 Å². The Hall–Kier alpha value is -1.69. The van der Waals surface area contributed by atoms with Crippen LogP contribution in [0.2, 0.25) is 0 Å². The Morgan fingerprint density at radius 1 is 1.21 bits per heavy atom. The van der Waals surface area contributed by atoms with Crippen molar-refractivity contribution in [3.63, 3.8) is 0 Å². The molecule has 100 valence electrons. The predicted molar refractivity (Wildman–Crippen MR) is 67.1 cm³/mol. The van der Waals surface area contributed by atoms with E-state index in [0.29, 0.717) is 16.5 Å². The second-order valence-corrected chi connectivity index (χ2v) is 4.50. The van der Waals surface area contributed by atoms with Crippen molar-refractivity contribution in [1.29, 1.82) is 0 Å². The number of Topliss-reactive ketones (excluding diaryl/α,β-unsaturated/α-hetero) is 1. The molecule has 1 aliphatic carbocycles. The molecule has 1 N–H and O–H groups in total. The zero-order chi connectivity index (χ0) is 13.6. The number of hydrogen-bond donors (Lipinski definition) is 1. The highest BCUT2D eigenvalue weighted by molar-refractivity contribution is 6.11. The second kappa shape index (κ2) is 4.45. The molecule has 0 bridgehead atoms. The van der Waals surface area contributed by atoms with Crippen LogP contribution < -0.4 is 0 Å². The quantitative estimate of drug-likeness (QED) is 0.892. The van der Waals surface area contributed by atoms with E-state index < -0.39 is 18.3 Å². The van der Waals surface area contributed by atoms with Crippen LogP contribution in [-0.2, 0) is 9.47 Å². The largest absolute Gasteiger partial charge is 0.457 e. The number of ketones is 1. The molecule has 0 aliphatic heterocycles. The third-order valence-electron chi connectivity index (χ3n) is 3.53. The number of carbonyl (C=O) groups excluding carboxylic acids is 1. The van der Waals surface area contributed by atoms with Gasteiger partial charge >= 0.3 is 0 Å². The molecule has 0 saturated carbocycles. The average Bonchev–Trinajstić information content (AvgIpc) is 2.82. The van der Waals surface area contributed by atoms with Gasteiger partial charge in [0.05, 0.1) is 5.56 Å². The van der Waals surface area contributed by atoms with Gasteiger partial charge in [0.2, 0.25) is 0 Å². The van der Waals surface area contributed by atoms with Crippen molar-refractivity contribution < 1.29 is 23.8 Å². The van der Waals surface area contributed by atoms with Crippen molar-refractivity contribution in [2.75, 3.05) is 14.2 Å². The molecule has 5 nitrogen and oxygen atoms in total. The van der Waals surface area contributed by atoms with Gasteiger partial charge in [-0.15, -0.1) is 0 Å². The van der Waals surface area contributed by atoms with Crippen molar-refractivity contribution >= 4 is 16.8 Å². The Morgan fingerprint density at radius 2 is 1.95 bits per heavy atom. The highest BCUT2D eigenvalue weighted by atomic mass is 16.5. The van der Waals surface area contributed by atoms with Crippen LogP contribution in [-0.4, -0.2) is 37.3 Å². The van der Waals surface area contributed by atoms with E-state index in [0.717, 1.165) is 0 Å². The molecular weight excluding hydrogens is 248 g/mol. The maximum atomic E-state index is 12.5. The maximum Gasteiger partial charge on any atom is 0.198 e. The summed E-state index contributed by atoms with van der Waals surface area (Å²) in [5.74, 6) is 0.0333. The summed E-state index contributed by atoms with van der Waals surface area (Å²) in [5, 5.41) is 11.0. The predicted octanol–water partition coefficient (Wildman–Crippen LogP) is 1.69. The normalized spacial score (nSPS) is 26.7. The van der Waals surface area contributed by atoms with Gasteiger partial charge in [-0.3, -0.25) is 4.79 Å². The minimum Gasteiger partial charge on any atom is -0.457 e. The van der Waals surface area contributed by atoms with Crippen LogP contribution in [0.5, 0.6) is 0 Å². The number of aliphatic hydroxyl groups is 1. The molecule has 0 amide bonds. The van der Waals surface area contributed by atoms with E-state index in [-0.39, 0.29) is 11.5 Å². The van der Waals surface area contributed by atoms with Crippen molar-refractivity contribution in [1.82, 2.24) is 0 Å². The van der Waals surface area contributed by atoms with Crippen LogP contribution in [0.1, 0.15) is 22.2 Å². The third kappa shape index (κ3) is 1.63. The lowest BCUT2D eigenvalue weighted by atomic mass is 9.88. The Morgan fingerprint density at radius 3 is 2.63 bits per heavy atom. The fourth-order valence-electron chi connectivity index (χ4n) is 2.63. The lowest BCUT2D eigenvalue weighted by molar-refractivity contribution is -0.0933. The van der Waals surface area contributed by atoms with E-state index >= 15 is 0 Å². The van der Waals surface area contributed by atoms with E-state index in [4.69, 9.17) is 13.9 Å². The fourth-order valence-corrected chi connectivity index (χ4v) is 2.63. The van der Waals surface area contributed by atoms with Crippen LogP contribution in [0, 0.1) is 0 Å². The molecule has 3 rings (SSSR count). The first kappa shape index (κ1) is 12.3. The van der Waals surface area contributed by atoms with Gasteiger partial charge in [0, 0.05) is 19.6 Å². The maximum absolute atomic E-state index is 12.5. The van der Waals surface area contributed by atoms with E-state index in [1.165, 1.54) is 14.2 Å². The molecule has 1 aromatic heterocycles. The molecule has 1 aromatic carbocycles. The molecule has 0 spiro atoms. The molecule has 3 atom stereocenters. The monoisotopic (exact) mass is 262 g/mol. The highest BCUT2D eigenvalue weighted by Gasteiger charge is 2.45. The van der Waals surface area contributed by atoms with Gasteiger partial charge < -0.3 is 19.0 Å². The van der Waals surface area contributed by atoms with Crippen LogP contribution in [0.25, 0.3) is 11.0 Å². The summed E-state index contributed by atoms with van der Waals surface area (Å²) in [7, 11) is 2.86. The molecule has 0 unspecified atom stereocenters. The summed E-state index contributed by atoms with van der Waals surface area (Å²) in [4.78, 5) is 12.5. The van der Waals surface area contributed by atoms with E-state index in [2.05, 4.69) is 0 Å². The minimum absolute atomic E-state index is 0.223. The van der Waals surface area contributed by atoms with Crippen LogP contribution in [0.3, 0.4) is 0 Å². The van der Waals surface area contributed by atoms with Crippen molar-refractivity contribution in [2.24, 2.45) is 0 Å². The lowest BCUT2D eigenvalue weighted by Gasteiger charge is -2.31. The average molecular weight is 262 g/mol. The molecule has 1 heterocycles. The Kier molecular flexibility index (Phi) is 2.89. The molecule has 1 aliphatic rings. The topological polar surface area (TPSA) is 68.9 Å². The third-order valence-corrected chi connectivity index (χ3v) is 3.53. The number of carbonyl (C=O) groups is 1. The highest BCUT2D eigenvalue weighted by Crippen LogP contribution is 2.39. The molecule has 2 aromatic rings. The van der Waals surface area contributed by atoms with Crippen LogP contribution in [0.4, 0.5) is 0 Å². The number of furan rings is 1.